The molecule has 10 heteroatoms. The van der Waals surface area contributed by atoms with Crippen molar-refractivity contribution in [3.8, 4) is 0 Å². The molecule has 4 rings (SSSR count). The largest absolute Gasteiger partial charge is 0.356 e. The number of ketones is 1. The molecule has 1 aliphatic rings. The number of hydrogen-bond donors (Lipinski definition) is 4. The summed E-state index contributed by atoms with van der Waals surface area (Å²) in [5, 5.41) is 11.4. The Labute approximate surface area is 218 Å². The summed E-state index contributed by atoms with van der Waals surface area (Å²) in [6.45, 7) is 0.336. The quantitative estimate of drug-likeness (QED) is 0.303. The fraction of sp³-hybridized carbons (Fsp3) is 0.296. The molecule has 1 unspecified atom stereocenters. The summed E-state index contributed by atoms with van der Waals surface area (Å²) in [4.78, 5) is 63.6. The molecule has 192 valence electrons. The highest BCUT2D eigenvalue weighted by Crippen LogP contribution is 2.25. The lowest BCUT2D eigenvalue weighted by Gasteiger charge is -2.26. The number of Topliss-reactive ketones (excluding diaryl/α,β-unsaturated/α-hetero) is 1. The molecule has 4 amide bonds. The Balaban J connectivity index is 1.37. The number of amides is 4. The Morgan fingerprint density at radius 3 is 2.51 bits per heavy atom. The van der Waals surface area contributed by atoms with E-state index in [1.54, 1.807) is 6.07 Å². The van der Waals surface area contributed by atoms with Crippen molar-refractivity contribution in [3.63, 3.8) is 0 Å². The Morgan fingerprint density at radius 2 is 1.76 bits per heavy atom. The molecule has 3 aromatic rings. The maximum Gasteiger partial charge on any atom is 0.289 e. The smallest absolute Gasteiger partial charge is 0.289 e. The second kappa shape index (κ2) is 12.3. The van der Waals surface area contributed by atoms with Crippen LogP contribution in [0.25, 0.3) is 10.1 Å². The molecule has 9 nitrogen and oxygen atoms in total. The molecule has 0 spiro atoms. The zero-order valence-electron chi connectivity index (χ0n) is 20.1. The summed E-state index contributed by atoms with van der Waals surface area (Å²) in [5.41, 5.74) is 0.819. The van der Waals surface area contributed by atoms with Crippen LogP contribution in [-0.4, -0.2) is 48.5 Å². The lowest BCUT2D eigenvalue weighted by molar-refractivity contribution is -0.141. The molecule has 0 aliphatic carbocycles. The number of benzene rings is 2. The maximum absolute atomic E-state index is 13.0. The first-order valence-corrected chi connectivity index (χ1v) is 12.9. The van der Waals surface area contributed by atoms with Crippen LogP contribution in [0.4, 0.5) is 0 Å². The number of hydrogen-bond acceptors (Lipinski definition) is 6. The van der Waals surface area contributed by atoms with Gasteiger partial charge in [-0.25, -0.2) is 0 Å². The van der Waals surface area contributed by atoms with Crippen LogP contribution in [0.3, 0.4) is 0 Å². The fourth-order valence-corrected chi connectivity index (χ4v) is 5.17. The standard InChI is InChI=1S/C27H28N4O5S/c32-23(16-30-26(35)22-14-18-9-4-5-11-21(18)37-22)31-20(13-19-10-6-12-28-25(19)34)24(33)27(36)29-15-17-7-2-1-3-8-17/h1-5,7-9,11,14,19-20H,6,10,12-13,15-16H2,(H,28,34)(H,29,36)(H,30,35)(H,31,32)/t19?,20-/m0/s1. The number of fused-ring (bicyclic) bond motifs is 1. The average molecular weight is 521 g/mol. The van der Waals surface area contributed by atoms with E-state index in [0.717, 1.165) is 22.1 Å². The van der Waals surface area contributed by atoms with E-state index in [1.165, 1.54) is 11.3 Å². The monoisotopic (exact) mass is 520 g/mol. The van der Waals surface area contributed by atoms with Crippen LogP contribution >= 0.6 is 11.3 Å². The zero-order chi connectivity index (χ0) is 26.2. The van der Waals surface area contributed by atoms with Crippen LogP contribution in [0.15, 0.2) is 60.7 Å². The average Bonchev–Trinajstić information content (AvgIpc) is 3.36. The number of nitrogens with one attached hydrogen (secondary N) is 4. The molecule has 0 bridgehead atoms. The van der Waals surface area contributed by atoms with Gasteiger partial charge >= 0.3 is 0 Å². The van der Waals surface area contributed by atoms with E-state index < -0.39 is 35.5 Å². The van der Waals surface area contributed by atoms with Crippen molar-refractivity contribution in [1.29, 1.82) is 0 Å². The molecule has 2 atom stereocenters. The number of piperidine rings is 1. The summed E-state index contributed by atoms with van der Waals surface area (Å²) >= 11 is 1.31. The van der Waals surface area contributed by atoms with Gasteiger partial charge in [-0.2, -0.15) is 0 Å². The predicted molar refractivity (Wildman–Crippen MR) is 140 cm³/mol. The summed E-state index contributed by atoms with van der Waals surface area (Å²) in [6.07, 6.45) is 1.30. The molecule has 2 aromatic carbocycles. The van der Waals surface area contributed by atoms with Gasteiger partial charge in [-0.1, -0.05) is 48.5 Å². The Kier molecular flexibility index (Phi) is 8.63. The van der Waals surface area contributed by atoms with Crippen LogP contribution in [-0.2, 0) is 25.7 Å². The first-order valence-electron chi connectivity index (χ1n) is 12.1. The molecule has 0 radical (unpaired) electrons. The third-order valence-corrected chi connectivity index (χ3v) is 7.26. The summed E-state index contributed by atoms with van der Waals surface area (Å²) in [6, 6.07) is 17.2. The van der Waals surface area contributed by atoms with Crippen molar-refractivity contribution in [2.75, 3.05) is 13.1 Å². The number of carbonyl (C=O) groups is 5. The van der Waals surface area contributed by atoms with E-state index in [9.17, 15) is 24.0 Å². The summed E-state index contributed by atoms with van der Waals surface area (Å²) < 4.78 is 0.954. The molecule has 1 fully saturated rings. The fourth-order valence-electron chi connectivity index (χ4n) is 4.19. The van der Waals surface area contributed by atoms with Gasteiger partial charge in [0.25, 0.3) is 11.8 Å². The number of carbonyl (C=O) groups excluding carboxylic acids is 5. The minimum Gasteiger partial charge on any atom is -0.356 e. The van der Waals surface area contributed by atoms with Gasteiger partial charge in [-0.05, 0) is 42.3 Å². The third kappa shape index (κ3) is 7.01. The van der Waals surface area contributed by atoms with Crippen LogP contribution in [0.1, 0.15) is 34.5 Å². The van der Waals surface area contributed by atoms with Gasteiger partial charge in [0.1, 0.15) is 0 Å². The molecular formula is C27H28N4O5S. The molecule has 1 aromatic heterocycles. The van der Waals surface area contributed by atoms with Crippen LogP contribution in [0.2, 0.25) is 0 Å². The lowest BCUT2D eigenvalue weighted by Crippen LogP contribution is -2.52. The molecule has 1 aliphatic heterocycles. The first kappa shape index (κ1) is 26.0. The maximum atomic E-state index is 13.0. The van der Waals surface area contributed by atoms with Gasteiger partial charge < -0.3 is 21.3 Å². The van der Waals surface area contributed by atoms with Crippen LogP contribution in [0.5, 0.6) is 0 Å². The van der Waals surface area contributed by atoms with Gasteiger partial charge in [0, 0.05) is 23.7 Å². The zero-order valence-corrected chi connectivity index (χ0v) is 20.9. The second-order valence-electron chi connectivity index (χ2n) is 8.85. The Bertz CT molecular complexity index is 1270. The molecule has 1 saturated heterocycles. The van der Waals surface area contributed by atoms with Crippen molar-refractivity contribution in [1.82, 2.24) is 21.3 Å². The van der Waals surface area contributed by atoms with Crippen molar-refractivity contribution < 1.29 is 24.0 Å². The minimum absolute atomic E-state index is 0.000571. The van der Waals surface area contributed by atoms with Crippen LogP contribution in [0, 0.1) is 5.92 Å². The normalized spacial score (nSPS) is 15.9. The summed E-state index contributed by atoms with van der Waals surface area (Å²) in [7, 11) is 0. The molecule has 4 N–H and O–H groups in total. The molecule has 37 heavy (non-hydrogen) atoms. The van der Waals surface area contributed by atoms with Gasteiger partial charge in [0.05, 0.1) is 17.5 Å². The topological polar surface area (TPSA) is 133 Å². The minimum atomic E-state index is -1.20. The van der Waals surface area contributed by atoms with Crippen molar-refractivity contribution >= 4 is 50.8 Å². The van der Waals surface area contributed by atoms with E-state index in [4.69, 9.17) is 0 Å². The number of rotatable bonds is 10. The van der Waals surface area contributed by atoms with E-state index in [2.05, 4.69) is 21.3 Å². The SMILES string of the molecule is O=C(CNC(=O)c1cc2ccccc2s1)N[C@@H](CC1CCCNC1=O)C(=O)C(=O)NCc1ccccc1. The molecule has 0 saturated carbocycles. The van der Waals surface area contributed by atoms with E-state index in [1.807, 2.05) is 54.6 Å². The Hall–Kier alpha value is -4.05. The highest BCUT2D eigenvalue weighted by Gasteiger charge is 2.33. The Morgan fingerprint density at radius 1 is 1.00 bits per heavy atom. The van der Waals surface area contributed by atoms with Gasteiger partial charge in [0.2, 0.25) is 17.6 Å². The van der Waals surface area contributed by atoms with E-state index >= 15 is 0 Å². The highest BCUT2D eigenvalue weighted by atomic mass is 32.1. The van der Waals surface area contributed by atoms with Crippen molar-refractivity contribution in [2.24, 2.45) is 5.92 Å². The van der Waals surface area contributed by atoms with E-state index in [-0.39, 0.29) is 25.4 Å². The highest BCUT2D eigenvalue weighted by molar-refractivity contribution is 7.20. The van der Waals surface area contributed by atoms with Gasteiger partial charge in [-0.3, -0.25) is 24.0 Å². The second-order valence-corrected chi connectivity index (χ2v) is 9.93. The summed E-state index contributed by atoms with van der Waals surface area (Å²) in [5.74, 6) is -3.43. The predicted octanol–water partition coefficient (Wildman–Crippen LogP) is 1.92. The van der Waals surface area contributed by atoms with Crippen molar-refractivity contribution in [3.05, 3.63) is 71.1 Å². The number of thiophene rings is 1. The van der Waals surface area contributed by atoms with E-state index in [0.29, 0.717) is 17.8 Å². The van der Waals surface area contributed by atoms with Crippen molar-refractivity contribution in [2.45, 2.75) is 31.8 Å². The first-order chi connectivity index (χ1) is 17.9. The van der Waals surface area contributed by atoms with Gasteiger partial charge in [0.15, 0.2) is 0 Å². The lowest BCUT2D eigenvalue weighted by atomic mass is 9.90. The third-order valence-electron chi connectivity index (χ3n) is 6.15. The van der Waals surface area contributed by atoms with Gasteiger partial charge in [-0.15, -0.1) is 11.3 Å². The molecular weight excluding hydrogens is 492 g/mol. The molecule has 2 heterocycles. The van der Waals surface area contributed by atoms with Crippen LogP contribution < -0.4 is 21.3 Å².